The van der Waals surface area contributed by atoms with Gasteiger partial charge < -0.3 is 14.7 Å². The van der Waals surface area contributed by atoms with Crippen molar-refractivity contribution in [3.05, 3.63) is 35.9 Å². The molecule has 0 radical (unpaired) electrons. The van der Waals surface area contributed by atoms with Gasteiger partial charge in [-0.1, -0.05) is 30.3 Å². The van der Waals surface area contributed by atoms with Gasteiger partial charge in [-0.3, -0.25) is 9.59 Å². The predicted octanol–water partition coefficient (Wildman–Crippen LogP) is 1.74. The van der Waals surface area contributed by atoms with Crippen LogP contribution >= 0.6 is 0 Å². The third-order valence-corrected chi connectivity index (χ3v) is 3.92. The van der Waals surface area contributed by atoms with Crippen LogP contribution in [0.5, 0.6) is 0 Å². The second kappa shape index (κ2) is 8.54. The maximum atomic E-state index is 12.1. The molecule has 0 unspecified atom stereocenters. The van der Waals surface area contributed by atoms with Gasteiger partial charge in [-0.15, -0.1) is 0 Å². The first-order chi connectivity index (χ1) is 10.7. The normalized spacial score (nSPS) is 18.0. The number of carbonyl (C=O) groups is 2. The van der Waals surface area contributed by atoms with Crippen LogP contribution in [0.1, 0.15) is 31.2 Å². The molecule has 0 aliphatic carbocycles. The van der Waals surface area contributed by atoms with Gasteiger partial charge >= 0.3 is 5.97 Å². The third-order valence-electron chi connectivity index (χ3n) is 3.92. The quantitative estimate of drug-likeness (QED) is 0.813. The number of likely N-dealkylation sites (tertiary alicyclic amines) is 1. The molecule has 5 nitrogen and oxygen atoms in total. The number of carbonyl (C=O) groups excluding carboxylic acids is 2. The van der Waals surface area contributed by atoms with Crippen molar-refractivity contribution in [2.24, 2.45) is 5.92 Å². The standard InChI is InChI=1S/C17H23NO4/c19-12-15-7-4-10-18(11-15)16(20)8-9-17(21)22-13-14-5-2-1-3-6-14/h1-3,5-6,15,19H,4,7-13H2/t15-/m0/s1. The van der Waals surface area contributed by atoms with E-state index in [9.17, 15) is 14.7 Å². The Kier molecular flexibility index (Phi) is 6.40. The fourth-order valence-corrected chi connectivity index (χ4v) is 2.62. The Balaban J connectivity index is 1.68. The van der Waals surface area contributed by atoms with Gasteiger partial charge in [-0.2, -0.15) is 0 Å². The van der Waals surface area contributed by atoms with Crippen molar-refractivity contribution >= 4 is 11.9 Å². The molecule has 2 rings (SSSR count). The fraction of sp³-hybridized carbons (Fsp3) is 0.529. The molecule has 1 aromatic carbocycles. The van der Waals surface area contributed by atoms with E-state index in [1.807, 2.05) is 30.3 Å². The van der Waals surface area contributed by atoms with Crippen LogP contribution in [0.2, 0.25) is 0 Å². The molecule has 1 saturated heterocycles. The van der Waals surface area contributed by atoms with Crippen molar-refractivity contribution in [3.63, 3.8) is 0 Å². The minimum atomic E-state index is -0.354. The molecular formula is C17H23NO4. The zero-order chi connectivity index (χ0) is 15.8. The number of aliphatic hydroxyl groups is 1. The molecule has 1 heterocycles. The minimum Gasteiger partial charge on any atom is -0.461 e. The Morgan fingerprint density at radius 1 is 1.23 bits per heavy atom. The zero-order valence-corrected chi connectivity index (χ0v) is 12.7. The second-order valence-corrected chi connectivity index (χ2v) is 5.68. The van der Waals surface area contributed by atoms with E-state index in [4.69, 9.17) is 4.74 Å². The summed E-state index contributed by atoms with van der Waals surface area (Å²) in [6.07, 6.45) is 2.15. The largest absolute Gasteiger partial charge is 0.461 e. The fourth-order valence-electron chi connectivity index (χ4n) is 2.62. The molecule has 1 fully saturated rings. The Hall–Kier alpha value is -1.88. The molecule has 0 saturated carbocycles. The smallest absolute Gasteiger partial charge is 0.306 e. The minimum absolute atomic E-state index is 0.0326. The summed E-state index contributed by atoms with van der Waals surface area (Å²) < 4.78 is 5.16. The molecule has 1 atom stereocenters. The van der Waals surface area contributed by atoms with E-state index in [0.717, 1.165) is 18.4 Å². The Bertz CT molecular complexity index is 489. The molecular weight excluding hydrogens is 282 g/mol. The molecule has 0 bridgehead atoms. The molecule has 120 valence electrons. The lowest BCUT2D eigenvalue weighted by molar-refractivity contribution is -0.147. The molecule has 0 spiro atoms. The highest BCUT2D eigenvalue weighted by Gasteiger charge is 2.23. The number of aliphatic hydroxyl groups excluding tert-OH is 1. The van der Waals surface area contributed by atoms with E-state index in [1.54, 1.807) is 4.90 Å². The van der Waals surface area contributed by atoms with E-state index in [-0.39, 0.29) is 43.8 Å². The van der Waals surface area contributed by atoms with Crippen molar-refractivity contribution in [2.75, 3.05) is 19.7 Å². The van der Waals surface area contributed by atoms with Gasteiger partial charge in [0.25, 0.3) is 0 Å². The van der Waals surface area contributed by atoms with Gasteiger partial charge in [0.15, 0.2) is 0 Å². The van der Waals surface area contributed by atoms with E-state index in [1.165, 1.54) is 0 Å². The monoisotopic (exact) mass is 305 g/mol. The average molecular weight is 305 g/mol. The number of hydrogen-bond donors (Lipinski definition) is 1. The molecule has 22 heavy (non-hydrogen) atoms. The van der Waals surface area contributed by atoms with Crippen LogP contribution in [0.15, 0.2) is 30.3 Å². The van der Waals surface area contributed by atoms with Crippen molar-refractivity contribution in [2.45, 2.75) is 32.3 Å². The molecule has 1 N–H and O–H groups in total. The maximum Gasteiger partial charge on any atom is 0.306 e. The summed E-state index contributed by atoms with van der Waals surface area (Å²) in [5.74, 6) is -0.217. The molecule has 1 aliphatic rings. The van der Waals surface area contributed by atoms with Crippen LogP contribution in [0.25, 0.3) is 0 Å². The lowest BCUT2D eigenvalue weighted by atomic mass is 9.99. The van der Waals surface area contributed by atoms with E-state index < -0.39 is 0 Å². The third kappa shape index (κ3) is 5.15. The summed E-state index contributed by atoms with van der Waals surface area (Å²) in [7, 11) is 0. The first kappa shape index (κ1) is 16.5. The SMILES string of the molecule is O=C(CCC(=O)N1CCC[C@H](CO)C1)OCc1ccccc1. The number of esters is 1. The van der Waals surface area contributed by atoms with Crippen molar-refractivity contribution in [3.8, 4) is 0 Å². The highest BCUT2D eigenvalue weighted by atomic mass is 16.5. The van der Waals surface area contributed by atoms with Crippen LogP contribution in [0.3, 0.4) is 0 Å². The number of amides is 1. The van der Waals surface area contributed by atoms with Crippen molar-refractivity contribution < 1.29 is 19.4 Å². The van der Waals surface area contributed by atoms with Crippen molar-refractivity contribution in [1.29, 1.82) is 0 Å². The highest BCUT2D eigenvalue weighted by Crippen LogP contribution is 2.17. The molecule has 1 amide bonds. The van der Waals surface area contributed by atoms with Gasteiger partial charge in [0.1, 0.15) is 6.61 Å². The van der Waals surface area contributed by atoms with Crippen LogP contribution in [0.4, 0.5) is 0 Å². The summed E-state index contributed by atoms with van der Waals surface area (Å²) in [5, 5.41) is 9.17. The number of benzene rings is 1. The summed E-state index contributed by atoms with van der Waals surface area (Å²) >= 11 is 0. The number of nitrogens with zero attached hydrogens (tertiary/aromatic N) is 1. The number of ether oxygens (including phenoxy) is 1. The van der Waals surface area contributed by atoms with E-state index >= 15 is 0 Å². The lowest BCUT2D eigenvalue weighted by Gasteiger charge is -2.31. The van der Waals surface area contributed by atoms with Crippen molar-refractivity contribution in [1.82, 2.24) is 4.90 Å². The van der Waals surface area contributed by atoms with E-state index in [0.29, 0.717) is 13.1 Å². The summed E-state index contributed by atoms with van der Waals surface area (Å²) in [4.78, 5) is 25.5. The first-order valence-corrected chi connectivity index (χ1v) is 7.77. The molecule has 5 heteroatoms. The number of rotatable bonds is 6. The highest BCUT2D eigenvalue weighted by molar-refractivity contribution is 5.81. The van der Waals surface area contributed by atoms with Gasteiger partial charge in [0.05, 0.1) is 6.42 Å². The van der Waals surface area contributed by atoms with Gasteiger partial charge in [-0.05, 0) is 24.3 Å². The second-order valence-electron chi connectivity index (χ2n) is 5.68. The summed E-state index contributed by atoms with van der Waals surface area (Å²) in [5.41, 5.74) is 0.934. The van der Waals surface area contributed by atoms with E-state index in [2.05, 4.69) is 0 Å². The first-order valence-electron chi connectivity index (χ1n) is 7.77. The van der Waals surface area contributed by atoms with Gasteiger partial charge in [0, 0.05) is 26.1 Å². The van der Waals surface area contributed by atoms with Crippen LogP contribution in [-0.2, 0) is 20.9 Å². The average Bonchev–Trinajstić information content (AvgIpc) is 2.58. The van der Waals surface area contributed by atoms with Gasteiger partial charge in [0.2, 0.25) is 5.91 Å². The number of hydrogen-bond acceptors (Lipinski definition) is 4. The van der Waals surface area contributed by atoms with Crippen LogP contribution in [-0.4, -0.2) is 41.6 Å². The Morgan fingerprint density at radius 2 is 2.00 bits per heavy atom. The molecule has 0 aromatic heterocycles. The summed E-state index contributed by atoms with van der Waals surface area (Å²) in [6, 6.07) is 9.46. The Labute approximate surface area is 130 Å². The zero-order valence-electron chi connectivity index (χ0n) is 12.7. The van der Waals surface area contributed by atoms with Gasteiger partial charge in [-0.25, -0.2) is 0 Å². The summed E-state index contributed by atoms with van der Waals surface area (Å²) in [6.45, 7) is 1.66. The predicted molar refractivity (Wildman–Crippen MR) is 81.9 cm³/mol. The molecule has 1 aromatic rings. The maximum absolute atomic E-state index is 12.1. The van der Waals surface area contributed by atoms with Crippen LogP contribution in [0, 0.1) is 5.92 Å². The van der Waals surface area contributed by atoms with Crippen LogP contribution < -0.4 is 0 Å². The lowest BCUT2D eigenvalue weighted by Crippen LogP contribution is -2.41. The topological polar surface area (TPSA) is 66.8 Å². The number of piperidine rings is 1. The molecule has 1 aliphatic heterocycles. The Morgan fingerprint density at radius 3 is 2.73 bits per heavy atom.